The van der Waals surface area contributed by atoms with Crippen LogP contribution in [0.5, 0.6) is 5.75 Å². The van der Waals surface area contributed by atoms with Gasteiger partial charge in [0.25, 0.3) is 0 Å². The van der Waals surface area contributed by atoms with Crippen molar-refractivity contribution in [1.29, 1.82) is 0 Å². The van der Waals surface area contributed by atoms with E-state index in [-0.39, 0.29) is 0 Å². The van der Waals surface area contributed by atoms with Crippen LogP contribution in [0.3, 0.4) is 0 Å². The number of ether oxygens (including phenoxy) is 1. The lowest BCUT2D eigenvalue weighted by atomic mass is 10.1. The van der Waals surface area contributed by atoms with Crippen molar-refractivity contribution >= 4 is 17.4 Å². The lowest BCUT2D eigenvalue weighted by Gasteiger charge is -2.07. The number of aromatic nitrogens is 2. The molecule has 1 aromatic heterocycles. The Morgan fingerprint density at radius 2 is 1.95 bits per heavy atom. The number of hydrogen-bond acceptors (Lipinski definition) is 4. The van der Waals surface area contributed by atoms with Crippen LogP contribution in [0.25, 0.3) is 0 Å². The third kappa shape index (κ3) is 4.10. The second-order valence-corrected chi connectivity index (χ2v) is 4.54. The second kappa shape index (κ2) is 6.38. The quantitative estimate of drug-likeness (QED) is 0.853. The largest absolute Gasteiger partial charge is 0.497 e. The Hall–Kier alpha value is -1.81. The zero-order chi connectivity index (χ0) is 13.7. The van der Waals surface area contributed by atoms with E-state index in [4.69, 9.17) is 16.3 Å². The lowest BCUT2D eigenvalue weighted by molar-refractivity contribution is 0.414. The van der Waals surface area contributed by atoms with Crippen LogP contribution >= 0.6 is 11.6 Å². The van der Waals surface area contributed by atoms with E-state index in [1.165, 1.54) is 5.56 Å². The van der Waals surface area contributed by atoms with E-state index < -0.39 is 0 Å². The fraction of sp³-hybridized carbons (Fsp3) is 0.286. The molecule has 5 heteroatoms. The molecule has 1 N–H and O–H groups in total. The summed E-state index contributed by atoms with van der Waals surface area (Å²) in [7, 11) is 1.66. The standard InChI is InChI=1S/C14H16ClN3O/c1-10-17-13(15)9-14(18-10)16-8-7-11-3-5-12(19-2)6-4-11/h3-6,9H,7-8H2,1-2H3,(H,16,17,18). The summed E-state index contributed by atoms with van der Waals surface area (Å²) in [5, 5.41) is 3.69. The molecule has 100 valence electrons. The summed E-state index contributed by atoms with van der Waals surface area (Å²) < 4.78 is 5.12. The van der Waals surface area contributed by atoms with E-state index in [2.05, 4.69) is 27.4 Å². The zero-order valence-corrected chi connectivity index (χ0v) is 11.7. The number of hydrogen-bond donors (Lipinski definition) is 1. The average Bonchev–Trinajstić information content (AvgIpc) is 2.38. The van der Waals surface area contributed by atoms with Gasteiger partial charge in [-0.15, -0.1) is 0 Å². The molecule has 0 spiro atoms. The third-order valence-electron chi connectivity index (χ3n) is 2.69. The second-order valence-electron chi connectivity index (χ2n) is 4.15. The Balaban J connectivity index is 1.88. The van der Waals surface area contributed by atoms with Crippen LogP contribution in [-0.4, -0.2) is 23.6 Å². The molecule has 4 nitrogen and oxygen atoms in total. The van der Waals surface area contributed by atoms with Crippen molar-refractivity contribution in [2.45, 2.75) is 13.3 Å². The minimum atomic E-state index is 0.458. The van der Waals surface area contributed by atoms with E-state index in [0.717, 1.165) is 24.5 Å². The number of nitrogens with zero attached hydrogens (tertiary/aromatic N) is 2. The van der Waals surface area contributed by atoms with Crippen molar-refractivity contribution in [3.63, 3.8) is 0 Å². The van der Waals surface area contributed by atoms with Gasteiger partial charge in [0.15, 0.2) is 0 Å². The number of benzene rings is 1. The van der Waals surface area contributed by atoms with Gasteiger partial charge in [0, 0.05) is 12.6 Å². The summed E-state index contributed by atoms with van der Waals surface area (Å²) in [5.41, 5.74) is 1.24. The van der Waals surface area contributed by atoms with Gasteiger partial charge >= 0.3 is 0 Å². The maximum atomic E-state index is 5.87. The number of halogens is 1. The Bertz CT molecular complexity index is 523. The van der Waals surface area contributed by atoms with Crippen LogP contribution in [0.4, 0.5) is 5.82 Å². The summed E-state index contributed by atoms with van der Waals surface area (Å²) in [4.78, 5) is 8.29. The average molecular weight is 278 g/mol. The molecule has 1 aromatic carbocycles. The first-order valence-electron chi connectivity index (χ1n) is 6.05. The van der Waals surface area contributed by atoms with Crippen molar-refractivity contribution in [2.24, 2.45) is 0 Å². The molecule has 0 atom stereocenters. The van der Waals surface area contributed by atoms with Crippen molar-refractivity contribution < 1.29 is 4.74 Å². The van der Waals surface area contributed by atoms with Gasteiger partial charge in [-0.05, 0) is 31.0 Å². The molecule has 0 aliphatic rings. The predicted molar refractivity (Wildman–Crippen MR) is 77.0 cm³/mol. The van der Waals surface area contributed by atoms with Crippen LogP contribution in [0.1, 0.15) is 11.4 Å². The molecule has 0 aliphatic heterocycles. The summed E-state index contributed by atoms with van der Waals surface area (Å²) in [6.07, 6.45) is 0.907. The minimum Gasteiger partial charge on any atom is -0.497 e. The molecule has 0 bridgehead atoms. The molecule has 0 saturated carbocycles. The van der Waals surface area contributed by atoms with Crippen molar-refractivity contribution in [3.05, 3.63) is 46.9 Å². The molecule has 0 saturated heterocycles. The van der Waals surface area contributed by atoms with Crippen LogP contribution < -0.4 is 10.1 Å². The molecule has 0 aliphatic carbocycles. The van der Waals surface area contributed by atoms with Gasteiger partial charge in [-0.2, -0.15) is 0 Å². The molecule has 0 fully saturated rings. The minimum absolute atomic E-state index is 0.458. The summed E-state index contributed by atoms with van der Waals surface area (Å²) in [6, 6.07) is 9.75. The Kier molecular flexibility index (Phi) is 4.58. The van der Waals surface area contributed by atoms with Gasteiger partial charge in [0.2, 0.25) is 0 Å². The van der Waals surface area contributed by atoms with Crippen molar-refractivity contribution in [2.75, 3.05) is 19.0 Å². The Morgan fingerprint density at radius 1 is 1.21 bits per heavy atom. The molecule has 0 unspecified atom stereocenters. The topological polar surface area (TPSA) is 47.0 Å². The van der Waals surface area contributed by atoms with Gasteiger partial charge in [-0.3, -0.25) is 0 Å². The van der Waals surface area contributed by atoms with Crippen LogP contribution in [0, 0.1) is 6.92 Å². The highest BCUT2D eigenvalue weighted by Crippen LogP contribution is 2.13. The molecule has 0 radical (unpaired) electrons. The van der Waals surface area contributed by atoms with Crippen LogP contribution in [0.15, 0.2) is 30.3 Å². The molecule has 1 heterocycles. The fourth-order valence-electron chi connectivity index (χ4n) is 1.75. The van der Waals surface area contributed by atoms with Gasteiger partial charge in [0.1, 0.15) is 22.5 Å². The summed E-state index contributed by atoms with van der Waals surface area (Å²) in [5.74, 6) is 2.29. The Labute approximate surface area is 117 Å². The lowest BCUT2D eigenvalue weighted by Crippen LogP contribution is -2.07. The number of aryl methyl sites for hydroxylation is 1. The van der Waals surface area contributed by atoms with Crippen molar-refractivity contribution in [3.8, 4) is 5.75 Å². The molecule has 2 rings (SSSR count). The maximum Gasteiger partial charge on any atom is 0.134 e. The summed E-state index contributed by atoms with van der Waals surface area (Å²) in [6.45, 7) is 2.61. The highest BCUT2D eigenvalue weighted by molar-refractivity contribution is 6.29. The normalized spacial score (nSPS) is 10.3. The molecule has 2 aromatic rings. The van der Waals surface area contributed by atoms with Crippen LogP contribution in [0.2, 0.25) is 5.15 Å². The SMILES string of the molecule is COc1ccc(CCNc2cc(Cl)nc(C)n2)cc1. The molecular formula is C14H16ClN3O. The van der Waals surface area contributed by atoms with Crippen molar-refractivity contribution in [1.82, 2.24) is 9.97 Å². The number of anilines is 1. The highest BCUT2D eigenvalue weighted by Gasteiger charge is 2.00. The third-order valence-corrected chi connectivity index (χ3v) is 2.88. The molecular weight excluding hydrogens is 262 g/mol. The summed E-state index contributed by atoms with van der Waals surface area (Å²) >= 11 is 5.87. The van der Waals surface area contributed by atoms with Crippen LogP contribution in [-0.2, 0) is 6.42 Å². The number of rotatable bonds is 5. The van der Waals surface area contributed by atoms with E-state index >= 15 is 0 Å². The van der Waals surface area contributed by atoms with E-state index in [1.807, 2.05) is 19.1 Å². The number of nitrogens with one attached hydrogen (secondary N) is 1. The van der Waals surface area contributed by atoms with Gasteiger partial charge in [-0.25, -0.2) is 9.97 Å². The van der Waals surface area contributed by atoms with Gasteiger partial charge in [-0.1, -0.05) is 23.7 Å². The fourth-order valence-corrected chi connectivity index (χ4v) is 1.97. The van der Waals surface area contributed by atoms with E-state index in [1.54, 1.807) is 13.2 Å². The zero-order valence-electron chi connectivity index (χ0n) is 11.0. The monoisotopic (exact) mass is 277 g/mol. The molecule has 0 amide bonds. The first-order chi connectivity index (χ1) is 9.17. The van der Waals surface area contributed by atoms with Gasteiger partial charge < -0.3 is 10.1 Å². The van der Waals surface area contributed by atoms with E-state index in [0.29, 0.717) is 11.0 Å². The first kappa shape index (κ1) is 13.6. The highest BCUT2D eigenvalue weighted by atomic mass is 35.5. The smallest absolute Gasteiger partial charge is 0.134 e. The van der Waals surface area contributed by atoms with Gasteiger partial charge in [0.05, 0.1) is 7.11 Å². The molecule has 19 heavy (non-hydrogen) atoms. The Morgan fingerprint density at radius 3 is 2.58 bits per heavy atom. The van der Waals surface area contributed by atoms with E-state index in [9.17, 15) is 0 Å². The number of methoxy groups -OCH3 is 1. The maximum absolute atomic E-state index is 5.87. The first-order valence-corrected chi connectivity index (χ1v) is 6.43. The predicted octanol–water partition coefficient (Wildman–Crippen LogP) is 3.10.